The van der Waals surface area contributed by atoms with Crippen LogP contribution in [0.3, 0.4) is 0 Å². The minimum atomic E-state index is -0.349. The molecule has 0 N–H and O–H groups in total. The van der Waals surface area contributed by atoms with E-state index in [0.29, 0.717) is 9.76 Å². The Hall–Kier alpha value is 0.394. The van der Waals surface area contributed by atoms with Crippen molar-refractivity contribution in [1.82, 2.24) is 0 Å². The molecule has 0 saturated heterocycles. The highest BCUT2D eigenvalue weighted by Gasteiger charge is 2.04. The second kappa shape index (κ2) is 6.51. The standard InChI is InChI=1S/C6H16OSi2/c1-4-8-7-9(5-2)6-3/h8H,4-6H2,1-3H3. The van der Waals surface area contributed by atoms with Gasteiger partial charge in [0.15, 0.2) is 18.8 Å². The first kappa shape index (κ1) is 9.39. The van der Waals surface area contributed by atoms with Gasteiger partial charge in [-0.3, -0.25) is 0 Å². The van der Waals surface area contributed by atoms with Crippen molar-refractivity contribution >= 4 is 18.8 Å². The predicted molar refractivity (Wildman–Crippen MR) is 45.4 cm³/mol. The molecule has 0 aliphatic rings. The van der Waals surface area contributed by atoms with Gasteiger partial charge < -0.3 is 4.12 Å². The van der Waals surface area contributed by atoms with Crippen molar-refractivity contribution in [1.29, 1.82) is 0 Å². The fourth-order valence-corrected chi connectivity index (χ4v) is 4.06. The Balaban J connectivity index is 3.09. The lowest BCUT2D eigenvalue weighted by Crippen LogP contribution is -2.17. The summed E-state index contributed by atoms with van der Waals surface area (Å²) in [5.41, 5.74) is 0. The van der Waals surface area contributed by atoms with Crippen LogP contribution in [0.15, 0.2) is 0 Å². The van der Waals surface area contributed by atoms with Crippen LogP contribution >= 0.6 is 0 Å². The molecule has 0 aliphatic heterocycles. The largest absolute Gasteiger partial charge is 0.458 e. The van der Waals surface area contributed by atoms with Crippen LogP contribution in [0.25, 0.3) is 0 Å². The quantitative estimate of drug-likeness (QED) is 0.558. The molecule has 0 aromatic heterocycles. The molecule has 0 aromatic rings. The summed E-state index contributed by atoms with van der Waals surface area (Å²) in [6, 6.07) is 3.79. The van der Waals surface area contributed by atoms with Crippen molar-refractivity contribution in [3.8, 4) is 0 Å². The minimum absolute atomic E-state index is 0.326. The molecule has 54 valence electrons. The molecule has 3 heteroatoms. The van der Waals surface area contributed by atoms with Gasteiger partial charge in [-0.25, -0.2) is 0 Å². The molecule has 0 saturated carbocycles. The van der Waals surface area contributed by atoms with E-state index in [2.05, 4.69) is 20.8 Å². The third kappa shape index (κ3) is 4.87. The second-order valence-corrected chi connectivity index (χ2v) is 6.52. The molecule has 0 fully saturated rings. The maximum atomic E-state index is 5.67. The summed E-state index contributed by atoms with van der Waals surface area (Å²) in [6.07, 6.45) is 0. The fraction of sp³-hybridized carbons (Fsp3) is 1.00. The highest BCUT2D eigenvalue weighted by molar-refractivity contribution is 6.58. The fourth-order valence-electron chi connectivity index (χ4n) is 0.618. The molecule has 0 spiro atoms. The summed E-state index contributed by atoms with van der Waals surface area (Å²) in [5.74, 6) is 0. The first-order valence-corrected chi connectivity index (χ1v) is 6.79. The van der Waals surface area contributed by atoms with E-state index in [1.165, 1.54) is 18.1 Å². The van der Waals surface area contributed by atoms with E-state index in [4.69, 9.17) is 4.12 Å². The van der Waals surface area contributed by atoms with Gasteiger partial charge in [0.05, 0.1) is 0 Å². The summed E-state index contributed by atoms with van der Waals surface area (Å²) < 4.78 is 5.67. The van der Waals surface area contributed by atoms with Crippen LogP contribution in [-0.4, -0.2) is 18.8 Å². The van der Waals surface area contributed by atoms with Gasteiger partial charge in [0, 0.05) is 0 Å². The van der Waals surface area contributed by atoms with Gasteiger partial charge in [-0.1, -0.05) is 20.8 Å². The molecule has 2 radical (unpaired) electrons. The van der Waals surface area contributed by atoms with Crippen LogP contribution in [0.2, 0.25) is 18.1 Å². The zero-order chi connectivity index (χ0) is 7.11. The smallest absolute Gasteiger partial charge is 0.197 e. The van der Waals surface area contributed by atoms with Crippen LogP contribution in [-0.2, 0) is 4.12 Å². The first-order valence-electron chi connectivity index (χ1n) is 3.68. The van der Waals surface area contributed by atoms with Gasteiger partial charge in [0.1, 0.15) is 0 Å². The highest BCUT2D eigenvalue weighted by Crippen LogP contribution is 1.98. The van der Waals surface area contributed by atoms with Crippen molar-refractivity contribution < 1.29 is 4.12 Å². The molecule has 0 bridgehead atoms. The van der Waals surface area contributed by atoms with E-state index in [9.17, 15) is 0 Å². The van der Waals surface area contributed by atoms with Crippen LogP contribution in [0.5, 0.6) is 0 Å². The van der Waals surface area contributed by atoms with Crippen LogP contribution in [0.1, 0.15) is 20.8 Å². The van der Waals surface area contributed by atoms with Crippen LogP contribution in [0.4, 0.5) is 0 Å². The molecular formula is C6H16OSi2. The molecule has 0 rings (SSSR count). The third-order valence-corrected chi connectivity index (χ3v) is 5.12. The van der Waals surface area contributed by atoms with Gasteiger partial charge in [-0.15, -0.1) is 0 Å². The molecule has 0 heterocycles. The Labute approximate surface area is 62.5 Å². The van der Waals surface area contributed by atoms with E-state index in [-0.39, 0.29) is 9.04 Å². The van der Waals surface area contributed by atoms with E-state index < -0.39 is 0 Å². The van der Waals surface area contributed by atoms with Gasteiger partial charge in [0.25, 0.3) is 0 Å². The average molecular weight is 160 g/mol. The lowest BCUT2D eigenvalue weighted by atomic mass is 11.0. The molecule has 9 heavy (non-hydrogen) atoms. The lowest BCUT2D eigenvalue weighted by molar-refractivity contribution is 0.605. The summed E-state index contributed by atoms with van der Waals surface area (Å²) in [4.78, 5) is 0. The predicted octanol–water partition coefficient (Wildman–Crippen LogP) is 1.82. The summed E-state index contributed by atoms with van der Waals surface area (Å²) >= 11 is 0. The van der Waals surface area contributed by atoms with E-state index >= 15 is 0 Å². The average Bonchev–Trinajstić information content (AvgIpc) is 1.91. The van der Waals surface area contributed by atoms with Gasteiger partial charge >= 0.3 is 0 Å². The molecule has 0 aliphatic carbocycles. The highest BCUT2D eigenvalue weighted by atomic mass is 28.3. The zero-order valence-corrected chi connectivity index (χ0v) is 8.76. The minimum Gasteiger partial charge on any atom is -0.458 e. The number of hydrogen-bond acceptors (Lipinski definition) is 1. The summed E-state index contributed by atoms with van der Waals surface area (Å²) in [6.45, 7) is 6.65. The summed E-state index contributed by atoms with van der Waals surface area (Å²) in [5, 5.41) is 0. The molecule has 1 nitrogen and oxygen atoms in total. The number of hydrogen-bond donors (Lipinski definition) is 0. The van der Waals surface area contributed by atoms with Crippen LogP contribution < -0.4 is 0 Å². The molecule has 0 aromatic carbocycles. The van der Waals surface area contributed by atoms with E-state index in [1.807, 2.05) is 0 Å². The first-order chi connectivity index (χ1) is 4.35. The van der Waals surface area contributed by atoms with Crippen molar-refractivity contribution in [2.24, 2.45) is 0 Å². The maximum absolute atomic E-state index is 5.67. The zero-order valence-electron chi connectivity index (χ0n) is 6.61. The van der Waals surface area contributed by atoms with E-state index in [0.717, 1.165) is 0 Å². The van der Waals surface area contributed by atoms with Gasteiger partial charge in [-0.2, -0.15) is 0 Å². The van der Waals surface area contributed by atoms with E-state index in [1.54, 1.807) is 0 Å². The third-order valence-electron chi connectivity index (χ3n) is 1.21. The number of rotatable bonds is 5. The molecule has 0 unspecified atom stereocenters. The Morgan fingerprint density at radius 3 is 2.11 bits per heavy atom. The second-order valence-electron chi connectivity index (χ2n) is 1.94. The molecule has 0 atom stereocenters. The Bertz CT molecular complexity index is 55.0. The van der Waals surface area contributed by atoms with Crippen molar-refractivity contribution in [2.75, 3.05) is 0 Å². The Morgan fingerprint density at radius 2 is 1.78 bits per heavy atom. The Kier molecular flexibility index (Phi) is 6.80. The molecular weight excluding hydrogens is 144 g/mol. The monoisotopic (exact) mass is 160 g/mol. The molecule has 0 amide bonds. The van der Waals surface area contributed by atoms with Crippen molar-refractivity contribution in [2.45, 2.75) is 38.9 Å². The van der Waals surface area contributed by atoms with Crippen molar-refractivity contribution in [3.05, 3.63) is 0 Å². The SMILES string of the molecule is CC[SiH]O[Si](CC)CC. The van der Waals surface area contributed by atoms with Crippen molar-refractivity contribution in [3.63, 3.8) is 0 Å². The topological polar surface area (TPSA) is 9.23 Å². The maximum Gasteiger partial charge on any atom is 0.197 e. The van der Waals surface area contributed by atoms with Gasteiger partial charge in [-0.05, 0) is 18.1 Å². The van der Waals surface area contributed by atoms with Gasteiger partial charge in [0.2, 0.25) is 0 Å². The normalized spacial score (nSPS) is 10.7. The Morgan fingerprint density at radius 1 is 1.22 bits per heavy atom. The van der Waals surface area contributed by atoms with Crippen LogP contribution in [0, 0.1) is 0 Å². The lowest BCUT2D eigenvalue weighted by Gasteiger charge is -2.08. The summed E-state index contributed by atoms with van der Waals surface area (Å²) in [7, 11) is -0.0231.